The summed E-state index contributed by atoms with van der Waals surface area (Å²) in [5.41, 5.74) is 0.876. The summed E-state index contributed by atoms with van der Waals surface area (Å²) in [6.45, 7) is 0. The Labute approximate surface area is 151 Å². The molecule has 1 N–H and O–H groups in total. The zero-order valence-electron chi connectivity index (χ0n) is 13.5. The molecule has 1 aromatic heterocycles. The molecule has 1 amide bonds. The highest BCUT2D eigenvalue weighted by Crippen LogP contribution is 2.27. The number of thiazole rings is 1. The maximum Gasteiger partial charge on any atom is 0.337 e. The molecule has 0 atom stereocenters. The molecule has 0 radical (unpaired) electrons. The van der Waals surface area contributed by atoms with Crippen LogP contribution in [0.15, 0.2) is 47.8 Å². The van der Waals surface area contributed by atoms with Crippen molar-refractivity contribution in [2.75, 3.05) is 12.4 Å². The van der Waals surface area contributed by atoms with E-state index in [0.29, 0.717) is 11.1 Å². The van der Waals surface area contributed by atoms with E-state index in [2.05, 4.69) is 15.0 Å². The minimum absolute atomic E-state index is 0.0178. The van der Waals surface area contributed by atoms with Crippen LogP contribution in [0.25, 0.3) is 11.3 Å². The highest BCUT2D eigenvalue weighted by molar-refractivity contribution is 7.14. The van der Waals surface area contributed by atoms with E-state index in [4.69, 9.17) is 0 Å². The second-order valence-electron chi connectivity index (χ2n) is 5.19. The Morgan fingerprint density at radius 3 is 2.46 bits per heavy atom. The van der Waals surface area contributed by atoms with Gasteiger partial charge in [-0.25, -0.2) is 18.6 Å². The smallest absolute Gasteiger partial charge is 0.337 e. The van der Waals surface area contributed by atoms with Gasteiger partial charge in [-0.05, 0) is 42.5 Å². The number of hydrogen-bond donors (Lipinski definition) is 1. The van der Waals surface area contributed by atoms with Gasteiger partial charge in [0.15, 0.2) is 5.13 Å². The summed E-state index contributed by atoms with van der Waals surface area (Å²) in [6, 6.07) is 8.97. The summed E-state index contributed by atoms with van der Waals surface area (Å²) in [5.74, 6) is -2.13. The Hall–Kier alpha value is -3.13. The number of halogens is 2. The number of esters is 1. The van der Waals surface area contributed by atoms with Crippen molar-refractivity contribution >= 4 is 28.3 Å². The maximum atomic E-state index is 13.8. The standard InChI is InChI=1S/C18H12F2N2O3S/c1-25-17(24)11-4-2-10(3-5-11)16(23)22-18-21-15(9-26-18)13-8-12(19)6-7-14(13)20/h2-9H,1H3,(H,21,22,23). The number of carbonyl (C=O) groups is 2. The van der Waals surface area contributed by atoms with Crippen LogP contribution in [0.5, 0.6) is 0 Å². The molecule has 8 heteroatoms. The monoisotopic (exact) mass is 374 g/mol. The van der Waals surface area contributed by atoms with Crippen molar-refractivity contribution in [3.8, 4) is 11.3 Å². The Morgan fingerprint density at radius 2 is 1.77 bits per heavy atom. The van der Waals surface area contributed by atoms with Gasteiger partial charge in [0.25, 0.3) is 5.91 Å². The summed E-state index contributed by atoms with van der Waals surface area (Å²) in [6.07, 6.45) is 0. The highest BCUT2D eigenvalue weighted by atomic mass is 32.1. The van der Waals surface area contributed by atoms with Crippen LogP contribution < -0.4 is 5.32 Å². The predicted molar refractivity (Wildman–Crippen MR) is 93.2 cm³/mol. The third-order valence-corrected chi connectivity index (χ3v) is 4.25. The van der Waals surface area contributed by atoms with E-state index in [1.54, 1.807) is 0 Å². The van der Waals surface area contributed by atoms with E-state index < -0.39 is 23.5 Å². The number of nitrogens with one attached hydrogen (secondary N) is 1. The largest absolute Gasteiger partial charge is 0.465 e. The van der Waals surface area contributed by atoms with Gasteiger partial charge < -0.3 is 4.74 Å². The first-order chi connectivity index (χ1) is 12.5. The van der Waals surface area contributed by atoms with Crippen LogP contribution in [-0.4, -0.2) is 24.0 Å². The summed E-state index contributed by atoms with van der Waals surface area (Å²) in [4.78, 5) is 27.7. The third-order valence-electron chi connectivity index (χ3n) is 3.50. The third kappa shape index (κ3) is 3.75. The quantitative estimate of drug-likeness (QED) is 0.698. The molecule has 26 heavy (non-hydrogen) atoms. The fourth-order valence-corrected chi connectivity index (χ4v) is 2.90. The maximum absolute atomic E-state index is 13.8. The number of nitrogens with zero attached hydrogens (tertiary/aromatic N) is 1. The molecule has 0 aliphatic carbocycles. The molecule has 1 heterocycles. The van der Waals surface area contributed by atoms with Crippen molar-refractivity contribution in [3.63, 3.8) is 0 Å². The van der Waals surface area contributed by atoms with Crippen molar-refractivity contribution in [2.24, 2.45) is 0 Å². The lowest BCUT2D eigenvalue weighted by Gasteiger charge is -2.03. The average molecular weight is 374 g/mol. The molecular weight excluding hydrogens is 362 g/mol. The van der Waals surface area contributed by atoms with E-state index in [0.717, 1.165) is 29.5 Å². The number of methoxy groups -OCH3 is 1. The minimum atomic E-state index is -0.604. The van der Waals surface area contributed by atoms with E-state index in [1.807, 2.05) is 0 Å². The summed E-state index contributed by atoms with van der Waals surface area (Å²) >= 11 is 1.09. The van der Waals surface area contributed by atoms with Gasteiger partial charge in [0.1, 0.15) is 11.6 Å². The molecule has 0 bridgehead atoms. The first kappa shape index (κ1) is 17.7. The SMILES string of the molecule is COC(=O)c1ccc(C(=O)Nc2nc(-c3cc(F)ccc3F)cs2)cc1. The number of anilines is 1. The van der Waals surface area contributed by atoms with Crippen molar-refractivity contribution < 1.29 is 23.1 Å². The van der Waals surface area contributed by atoms with Crippen LogP contribution in [0, 0.1) is 11.6 Å². The molecule has 132 valence electrons. The molecule has 0 aliphatic heterocycles. The molecule has 5 nitrogen and oxygen atoms in total. The van der Waals surface area contributed by atoms with E-state index in [9.17, 15) is 18.4 Å². The first-order valence-corrected chi connectivity index (χ1v) is 8.26. The van der Waals surface area contributed by atoms with Crippen LogP contribution in [0.4, 0.5) is 13.9 Å². The number of aromatic nitrogens is 1. The Kier molecular flexibility index (Phi) is 5.04. The highest BCUT2D eigenvalue weighted by Gasteiger charge is 2.14. The molecule has 0 aliphatic rings. The number of rotatable bonds is 4. The molecule has 2 aromatic carbocycles. The van der Waals surface area contributed by atoms with Gasteiger partial charge >= 0.3 is 5.97 Å². The number of amides is 1. The van der Waals surface area contributed by atoms with E-state index in [1.165, 1.54) is 36.8 Å². The number of benzene rings is 2. The average Bonchev–Trinajstić information content (AvgIpc) is 3.11. The number of ether oxygens (including phenoxy) is 1. The summed E-state index contributed by atoms with van der Waals surface area (Å²) in [7, 11) is 1.27. The fraction of sp³-hybridized carbons (Fsp3) is 0.0556. The molecular formula is C18H12F2N2O3S. The van der Waals surface area contributed by atoms with Crippen molar-refractivity contribution in [2.45, 2.75) is 0 Å². The predicted octanol–water partition coefficient (Wildman–Crippen LogP) is 4.13. The Balaban J connectivity index is 1.75. The Bertz CT molecular complexity index is 971. The molecule has 0 saturated carbocycles. The number of hydrogen-bond acceptors (Lipinski definition) is 5. The second-order valence-corrected chi connectivity index (χ2v) is 6.04. The van der Waals surface area contributed by atoms with Crippen molar-refractivity contribution in [1.82, 2.24) is 4.98 Å². The van der Waals surface area contributed by atoms with Crippen molar-refractivity contribution in [3.05, 3.63) is 70.6 Å². The molecule has 3 rings (SSSR count). The lowest BCUT2D eigenvalue weighted by atomic mass is 10.1. The van der Waals surface area contributed by atoms with Gasteiger partial charge in [-0.3, -0.25) is 10.1 Å². The lowest BCUT2D eigenvalue weighted by molar-refractivity contribution is 0.0600. The molecule has 0 fully saturated rings. The summed E-state index contributed by atoms with van der Waals surface area (Å²) in [5, 5.41) is 4.34. The van der Waals surface area contributed by atoms with Crippen LogP contribution in [0.3, 0.4) is 0 Å². The van der Waals surface area contributed by atoms with Gasteiger partial charge in [0.2, 0.25) is 0 Å². The van der Waals surface area contributed by atoms with Crippen LogP contribution >= 0.6 is 11.3 Å². The molecule has 0 spiro atoms. The van der Waals surface area contributed by atoms with Gasteiger partial charge in [-0.1, -0.05) is 0 Å². The topological polar surface area (TPSA) is 68.3 Å². The van der Waals surface area contributed by atoms with Gasteiger partial charge in [-0.2, -0.15) is 0 Å². The van der Waals surface area contributed by atoms with Crippen LogP contribution in [0.1, 0.15) is 20.7 Å². The minimum Gasteiger partial charge on any atom is -0.465 e. The van der Waals surface area contributed by atoms with Crippen LogP contribution in [0.2, 0.25) is 0 Å². The fourth-order valence-electron chi connectivity index (χ4n) is 2.19. The Morgan fingerprint density at radius 1 is 1.08 bits per heavy atom. The number of carbonyl (C=O) groups excluding carboxylic acids is 2. The van der Waals surface area contributed by atoms with Crippen LogP contribution in [-0.2, 0) is 4.74 Å². The van der Waals surface area contributed by atoms with E-state index >= 15 is 0 Å². The summed E-state index contributed by atoms with van der Waals surface area (Å²) < 4.78 is 31.7. The zero-order valence-corrected chi connectivity index (χ0v) is 14.3. The molecule has 0 unspecified atom stereocenters. The first-order valence-electron chi connectivity index (χ1n) is 7.38. The van der Waals surface area contributed by atoms with Gasteiger partial charge in [0, 0.05) is 16.5 Å². The lowest BCUT2D eigenvalue weighted by Crippen LogP contribution is -2.12. The van der Waals surface area contributed by atoms with Gasteiger partial charge in [-0.15, -0.1) is 11.3 Å². The van der Waals surface area contributed by atoms with Crippen molar-refractivity contribution in [1.29, 1.82) is 0 Å². The van der Waals surface area contributed by atoms with Gasteiger partial charge in [0.05, 0.1) is 18.4 Å². The normalized spacial score (nSPS) is 10.4. The second kappa shape index (κ2) is 7.40. The molecule has 3 aromatic rings. The zero-order chi connectivity index (χ0) is 18.7. The molecule has 0 saturated heterocycles. The van der Waals surface area contributed by atoms with E-state index in [-0.39, 0.29) is 16.4 Å².